The highest BCUT2D eigenvalue weighted by Crippen LogP contribution is 2.36. The standard InChI is InChI=1S/C27H29NO/c1-26(2,3)21-14-20(15-22(17-21)27(4,5)6)24-16-19-12-13-23(28-25(19)29-24)18-10-8-7-9-11-18/h7-17H,1-6H3. The van der Waals surface area contributed by atoms with Crippen LogP contribution >= 0.6 is 0 Å². The second-order valence-electron chi connectivity index (χ2n) is 9.87. The lowest BCUT2D eigenvalue weighted by Gasteiger charge is -2.25. The van der Waals surface area contributed by atoms with Crippen molar-refractivity contribution in [3.05, 3.63) is 77.9 Å². The molecule has 0 aliphatic heterocycles. The number of pyridine rings is 1. The molecule has 0 aliphatic rings. The normalized spacial score (nSPS) is 12.5. The Labute approximate surface area is 173 Å². The Hall–Kier alpha value is -2.87. The molecular formula is C27H29NO. The van der Waals surface area contributed by atoms with E-state index in [1.165, 1.54) is 11.1 Å². The minimum Gasteiger partial charge on any atom is -0.438 e. The Balaban J connectivity index is 1.84. The highest BCUT2D eigenvalue weighted by molar-refractivity contribution is 5.82. The van der Waals surface area contributed by atoms with Crippen LogP contribution in [-0.4, -0.2) is 4.98 Å². The van der Waals surface area contributed by atoms with E-state index < -0.39 is 0 Å². The topological polar surface area (TPSA) is 26.0 Å². The zero-order valence-electron chi connectivity index (χ0n) is 18.2. The summed E-state index contributed by atoms with van der Waals surface area (Å²) in [6.07, 6.45) is 0. The van der Waals surface area contributed by atoms with E-state index in [0.717, 1.165) is 28.0 Å². The minimum absolute atomic E-state index is 0.0702. The Morgan fingerprint density at radius 1 is 0.655 bits per heavy atom. The average Bonchev–Trinajstić information content (AvgIpc) is 3.10. The van der Waals surface area contributed by atoms with Crippen molar-refractivity contribution in [3.63, 3.8) is 0 Å². The number of furan rings is 1. The first kappa shape index (κ1) is 19.4. The van der Waals surface area contributed by atoms with Gasteiger partial charge in [-0.25, -0.2) is 4.98 Å². The molecule has 0 spiro atoms. The summed E-state index contributed by atoms with van der Waals surface area (Å²) in [5.41, 5.74) is 6.59. The molecule has 0 saturated carbocycles. The maximum Gasteiger partial charge on any atom is 0.227 e. The Morgan fingerprint density at radius 2 is 1.28 bits per heavy atom. The largest absolute Gasteiger partial charge is 0.438 e. The van der Waals surface area contributed by atoms with Gasteiger partial charge in [0.2, 0.25) is 5.71 Å². The van der Waals surface area contributed by atoms with Crippen LogP contribution in [-0.2, 0) is 10.8 Å². The Kier molecular flexibility index (Phi) is 4.61. The monoisotopic (exact) mass is 383 g/mol. The van der Waals surface area contributed by atoms with Crippen LogP contribution in [0, 0.1) is 0 Å². The van der Waals surface area contributed by atoms with Crippen LogP contribution in [0.3, 0.4) is 0 Å². The molecule has 0 fully saturated rings. The summed E-state index contributed by atoms with van der Waals surface area (Å²) in [4.78, 5) is 4.77. The lowest BCUT2D eigenvalue weighted by molar-refractivity contribution is 0.567. The summed E-state index contributed by atoms with van der Waals surface area (Å²) < 4.78 is 6.24. The lowest BCUT2D eigenvalue weighted by atomic mass is 9.79. The minimum atomic E-state index is 0.0702. The van der Waals surface area contributed by atoms with Crippen molar-refractivity contribution in [3.8, 4) is 22.6 Å². The quantitative estimate of drug-likeness (QED) is 0.353. The van der Waals surface area contributed by atoms with Gasteiger partial charge in [-0.05, 0) is 52.3 Å². The molecule has 2 heteroatoms. The summed E-state index contributed by atoms with van der Waals surface area (Å²) >= 11 is 0. The fourth-order valence-corrected chi connectivity index (χ4v) is 3.47. The predicted octanol–water partition coefficient (Wildman–Crippen LogP) is 7.76. The number of fused-ring (bicyclic) bond motifs is 1. The van der Waals surface area contributed by atoms with Crippen LogP contribution in [0.25, 0.3) is 33.7 Å². The smallest absolute Gasteiger partial charge is 0.227 e. The van der Waals surface area contributed by atoms with Gasteiger partial charge in [0.1, 0.15) is 5.76 Å². The van der Waals surface area contributed by atoms with Crippen LogP contribution in [0.2, 0.25) is 0 Å². The first-order chi connectivity index (χ1) is 13.6. The molecule has 148 valence electrons. The molecule has 0 bridgehead atoms. The Bertz CT molecular complexity index is 1120. The maximum atomic E-state index is 6.24. The fraction of sp³-hybridized carbons (Fsp3) is 0.296. The van der Waals surface area contributed by atoms with Crippen molar-refractivity contribution in [1.29, 1.82) is 0 Å². The van der Waals surface area contributed by atoms with Crippen molar-refractivity contribution >= 4 is 11.1 Å². The van der Waals surface area contributed by atoms with Gasteiger partial charge in [0.05, 0.1) is 5.69 Å². The van der Waals surface area contributed by atoms with Crippen LogP contribution in [0.5, 0.6) is 0 Å². The van der Waals surface area contributed by atoms with Gasteiger partial charge in [0.25, 0.3) is 0 Å². The van der Waals surface area contributed by atoms with Gasteiger partial charge in [0, 0.05) is 16.5 Å². The third kappa shape index (κ3) is 3.98. The number of aromatic nitrogens is 1. The molecule has 0 amide bonds. The van der Waals surface area contributed by atoms with Gasteiger partial charge in [-0.15, -0.1) is 0 Å². The number of hydrogen-bond donors (Lipinski definition) is 0. The van der Waals surface area contributed by atoms with E-state index in [4.69, 9.17) is 9.40 Å². The fourth-order valence-electron chi connectivity index (χ4n) is 3.47. The molecule has 0 aliphatic carbocycles. The van der Waals surface area contributed by atoms with E-state index in [1.54, 1.807) is 0 Å². The lowest BCUT2D eigenvalue weighted by Crippen LogP contribution is -2.16. The highest BCUT2D eigenvalue weighted by Gasteiger charge is 2.22. The van der Waals surface area contributed by atoms with E-state index in [1.807, 2.05) is 18.2 Å². The van der Waals surface area contributed by atoms with Crippen LogP contribution < -0.4 is 0 Å². The van der Waals surface area contributed by atoms with Crippen LogP contribution in [0.4, 0.5) is 0 Å². The van der Waals surface area contributed by atoms with Crippen LogP contribution in [0.1, 0.15) is 52.7 Å². The second-order valence-corrected chi connectivity index (χ2v) is 9.87. The van der Waals surface area contributed by atoms with Gasteiger partial charge in [-0.1, -0.05) is 77.9 Å². The first-order valence-electron chi connectivity index (χ1n) is 10.2. The molecule has 4 aromatic rings. The molecule has 0 unspecified atom stereocenters. The molecule has 0 saturated heterocycles. The summed E-state index contributed by atoms with van der Waals surface area (Å²) in [7, 11) is 0. The van der Waals surface area contributed by atoms with E-state index in [-0.39, 0.29) is 10.8 Å². The van der Waals surface area contributed by atoms with E-state index >= 15 is 0 Å². The van der Waals surface area contributed by atoms with Gasteiger partial charge in [0.15, 0.2) is 0 Å². The number of rotatable bonds is 2. The number of benzene rings is 2. The maximum absolute atomic E-state index is 6.24. The van der Waals surface area contributed by atoms with Gasteiger partial charge < -0.3 is 4.42 Å². The zero-order valence-corrected chi connectivity index (χ0v) is 18.2. The van der Waals surface area contributed by atoms with Crippen molar-refractivity contribution in [2.45, 2.75) is 52.4 Å². The molecule has 2 aromatic heterocycles. The molecule has 4 rings (SSSR count). The average molecular weight is 384 g/mol. The summed E-state index contributed by atoms with van der Waals surface area (Å²) in [5.74, 6) is 0.870. The highest BCUT2D eigenvalue weighted by atomic mass is 16.3. The third-order valence-corrected chi connectivity index (χ3v) is 5.40. The van der Waals surface area contributed by atoms with E-state index in [0.29, 0.717) is 5.71 Å². The number of nitrogens with zero attached hydrogens (tertiary/aromatic N) is 1. The van der Waals surface area contributed by atoms with Gasteiger partial charge >= 0.3 is 0 Å². The van der Waals surface area contributed by atoms with Gasteiger partial charge in [-0.3, -0.25) is 0 Å². The van der Waals surface area contributed by atoms with E-state index in [2.05, 4.69) is 90.1 Å². The van der Waals surface area contributed by atoms with Crippen molar-refractivity contribution in [1.82, 2.24) is 4.98 Å². The molecule has 29 heavy (non-hydrogen) atoms. The SMILES string of the molecule is CC(C)(C)c1cc(-c2cc3ccc(-c4ccccc4)nc3o2)cc(C(C)(C)C)c1. The predicted molar refractivity (Wildman–Crippen MR) is 122 cm³/mol. The van der Waals surface area contributed by atoms with Crippen LogP contribution in [0.15, 0.2) is 71.1 Å². The number of hydrogen-bond acceptors (Lipinski definition) is 2. The molecule has 0 N–H and O–H groups in total. The molecule has 2 nitrogen and oxygen atoms in total. The summed E-state index contributed by atoms with van der Waals surface area (Å²) in [6, 6.07) is 23.3. The van der Waals surface area contributed by atoms with E-state index in [9.17, 15) is 0 Å². The first-order valence-corrected chi connectivity index (χ1v) is 10.2. The van der Waals surface area contributed by atoms with Gasteiger partial charge in [-0.2, -0.15) is 0 Å². The molecule has 2 aromatic carbocycles. The molecular weight excluding hydrogens is 354 g/mol. The molecule has 0 radical (unpaired) electrons. The molecule has 0 atom stereocenters. The van der Waals surface area contributed by atoms with Crippen molar-refractivity contribution < 1.29 is 4.42 Å². The third-order valence-electron chi connectivity index (χ3n) is 5.40. The van der Waals surface area contributed by atoms with Crippen molar-refractivity contribution in [2.75, 3.05) is 0 Å². The second kappa shape index (κ2) is 6.88. The summed E-state index contributed by atoms with van der Waals surface area (Å²) in [5, 5.41) is 1.03. The Morgan fingerprint density at radius 3 is 1.86 bits per heavy atom. The zero-order chi connectivity index (χ0) is 20.8. The molecule has 2 heterocycles. The van der Waals surface area contributed by atoms with Crippen molar-refractivity contribution in [2.24, 2.45) is 0 Å². The summed E-state index contributed by atoms with van der Waals surface area (Å²) in [6.45, 7) is 13.5.